The monoisotopic (exact) mass is 550 g/mol. The molecule has 3 aromatic carbocycles. The van der Waals surface area contributed by atoms with Crippen LogP contribution in [0.3, 0.4) is 0 Å². The van der Waals surface area contributed by atoms with Crippen molar-refractivity contribution in [3.05, 3.63) is 68.8 Å². The van der Waals surface area contributed by atoms with Gasteiger partial charge in [-0.3, -0.25) is 9.59 Å². The lowest BCUT2D eigenvalue weighted by atomic mass is 9.76. The van der Waals surface area contributed by atoms with Crippen LogP contribution in [-0.2, 0) is 10.8 Å². The van der Waals surface area contributed by atoms with Crippen molar-refractivity contribution in [1.29, 1.82) is 0 Å². The molecule has 38 heavy (non-hydrogen) atoms. The molecule has 0 aliphatic heterocycles. The van der Waals surface area contributed by atoms with Crippen molar-refractivity contribution in [2.45, 2.75) is 80.1 Å². The summed E-state index contributed by atoms with van der Waals surface area (Å²) in [5.41, 5.74) is 6.72. The van der Waals surface area contributed by atoms with Crippen molar-refractivity contribution in [3.8, 4) is 33.8 Å². The molecule has 0 aliphatic carbocycles. The Morgan fingerprint density at radius 1 is 0.605 bits per heavy atom. The number of phenolic OH excluding ortho intramolecular Hbond substituents is 2. The third-order valence-corrected chi connectivity index (χ3v) is 7.75. The largest absolute Gasteiger partial charge is 0.507 e. The van der Waals surface area contributed by atoms with Gasteiger partial charge in [-0.05, 0) is 95.2 Å². The van der Waals surface area contributed by atoms with Crippen molar-refractivity contribution in [3.63, 3.8) is 0 Å². The SMILES string of the molecule is Cc1cc(C(C)(C)C)c(O)c(C)c1-c1c(C(=O)S)ccc(C(=O)S)c1-c1c(C)cc(C(C)(C)C)c(O)c1C. The zero-order valence-electron chi connectivity index (χ0n) is 23.9. The van der Waals surface area contributed by atoms with Gasteiger partial charge >= 0.3 is 0 Å². The molecule has 3 aromatic rings. The Balaban J connectivity index is 2.66. The first-order valence-electron chi connectivity index (χ1n) is 12.6. The highest BCUT2D eigenvalue weighted by Crippen LogP contribution is 2.49. The second-order valence-corrected chi connectivity index (χ2v) is 13.0. The first-order chi connectivity index (χ1) is 17.3. The maximum absolute atomic E-state index is 12.9. The van der Waals surface area contributed by atoms with E-state index >= 15 is 0 Å². The van der Waals surface area contributed by atoms with Crippen LogP contribution in [0, 0.1) is 27.7 Å². The van der Waals surface area contributed by atoms with Crippen LogP contribution in [0.2, 0.25) is 0 Å². The standard InChI is InChI=1S/C32H38O4S2/c1-15-13-21(31(5,6)7)27(33)17(3)23(15)25-19(29(35)37)11-12-20(30(36)38)26(25)24-16(2)14-22(32(8,9)10)28(34)18(24)4/h11-14,33-34H,1-10H3,(H,35,37)(H,36,38). The predicted octanol–water partition coefficient (Wildman–Crippen LogP) is 8.40. The number of aryl methyl sites for hydroxylation is 2. The van der Waals surface area contributed by atoms with E-state index in [4.69, 9.17) is 0 Å². The van der Waals surface area contributed by atoms with Crippen molar-refractivity contribution >= 4 is 35.5 Å². The van der Waals surface area contributed by atoms with Crippen LogP contribution in [0.4, 0.5) is 0 Å². The Kier molecular flexibility index (Phi) is 7.95. The maximum Gasteiger partial charge on any atom is 0.216 e. The third kappa shape index (κ3) is 5.13. The molecule has 6 heteroatoms. The molecule has 0 saturated heterocycles. The van der Waals surface area contributed by atoms with Crippen LogP contribution >= 0.6 is 25.3 Å². The fraction of sp³-hybridized carbons (Fsp3) is 0.375. The van der Waals surface area contributed by atoms with Gasteiger partial charge in [-0.15, -0.1) is 25.3 Å². The van der Waals surface area contributed by atoms with Gasteiger partial charge in [0.15, 0.2) is 0 Å². The van der Waals surface area contributed by atoms with Crippen molar-refractivity contribution in [1.82, 2.24) is 0 Å². The van der Waals surface area contributed by atoms with E-state index in [1.165, 1.54) is 0 Å². The maximum atomic E-state index is 12.9. The molecule has 0 heterocycles. The number of rotatable bonds is 4. The summed E-state index contributed by atoms with van der Waals surface area (Å²) in [5, 5.41) is 21.7. The zero-order chi connectivity index (χ0) is 29.1. The molecule has 0 aliphatic rings. The molecular weight excluding hydrogens is 512 g/mol. The summed E-state index contributed by atoms with van der Waals surface area (Å²) >= 11 is 8.37. The number of hydrogen-bond donors (Lipinski definition) is 4. The molecule has 0 atom stereocenters. The first-order valence-corrected chi connectivity index (χ1v) is 13.5. The highest BCUT2D eigenvalue weighted by Gasteiger charge is 2.31. The zero-order valence-corrected chi connectivity index (χ0v) is 25.7. The minimum Gasteiger partial charge on any atom is -0.507 e. The lowest BCUT2D eigenvalue weighted by Gasteiger charge is -2.28. The second kappa shape index (κ2) is 10.1. The van der Waals surface area contributed by atoms with Gasteiger partial charge in [-0.2, -0.15) is 0 Å². The van der Waals surface area contributed by atoms with Gasteiger partial charge in [0.25, 0.3) is 0 Å². The van der Waals surface area contributed by atoms with E-state index < -0.39 is 10.2 Å². The molecule has 3 rings (SSSR count). The summed E-state index contributed by atoms with van der Waals surface area (Å²) in [6.45, 7) is 19.7. The number of hydrogen-bond acceptors (Lipinski definition) is 4. The molecular formula is C32H38O4S2. The first kappa shape index (κ1) is 29.9. The molecule has 0 unspecified atom stereocenters. The van der Waals surface area contributed by atoms with Crippen molar-refractivity contribution < 1.29 is 19.8 Å². The van der Waals surface area contributed by atoms with Gasteiger partial charge in [0.1, 0.15) is 11.5 Å². The lowest BCUT2D eigenvalue weighted by molar-refractivity contribution is 0.108. The molecule has 0 spiro atoms. The van der Waals surface area contributed by atoms with Crippen molar-refractivity contribution in [2.75, 3.05) is 0 Å². The minimum absolute atomic E-state index is 0.142. The Bertz CT molecular complexity index is 1370. The van der Waals surface area contributed by atoms with Crippen LogP contribution in [0.25, 0.3) is 22.3 Å². The molecule has 0 radical (unpaired) electrons. The summed E-state index contributed by atoms with van der Waals surface area (Å²) in [5.74, 6) is 0.284. The normalized spacial score (nSPS) is 12.1. The molecule has 0 saturated carbocycles. The van der Waals surface area contributed by atoms with Crippen LogP contribution in [0.5, 0.6) is 11.5 Å². The summed E-state index contributed by atoms with van der Waals surface area (Å²) in [6, 6.07) is 7.03. The Labute approximate surface area is 237 Å². The molecule has 0 aromatic heterocycles. The molecule has 0 amide bonds. The number of phenols is 2. The Hall–Kier alpha value is -2.70. The molecule has 2 N–H and O–H groups in total. The van der Waals surface area contributed by atoms with Gasteiger partial charge in [0.2, 0.25) is 10.2 Å². The van der Waals surface area contributed by atoms with E-state index in [9.17, 15) is 19.8 Å². The van der Waals surface area contributed by atoms with Crippen molar-refractivity contribution in [2.24, 2.45) is 0 Å². The predicted molar refractivity (Wildman–Crippen MR) is 164 cm³/mol. The number of aromatic hydroxyl groups is 2. The fourth-order valence-electron chi connectivity index (χ4n) is 5.34. The molecule has 0 fully saturated rings. The van der Waals surface area contributed by atoms with Gasteiger partial charge in [0.05, 0.1) is 0 Å². The number of thiol groups is 2. The van der Waals surface area contributed by atoms with Gasteiger partial charge in [-0.25, -0.2) is 0 Å². The van der Waals surface area contributed by atoms with Gasteiger partial charge in [0, 0.05) is 22.3 Å². The minimum atomic E-state index is -0.469. The lowest BCUT2D eigenvalue weighted by Crippen LogP contribution is -2.14. The van der Waals surface area contributed by atoms with Crippen LogP contribution < -0.4 is 0 Å². The van der Waals surface area contributed by atoms with E-state index in [2.05, 4.69) is 25.3 Å². The molecule has 202 valence electrons. The second-order valence-electron chi connectivity index (χ2n) is 12.2. The average molecular weight is 551 g/mol. The summed E-state index contributed by atoms with van der Waals surface area (Å²) in [7, 11) is 0. The van der Waals surface area contributed by atoms with E-state index in [1.807, 2.05) is 81.4 Å². The van der Waals surface area contributed by atoms with Gasteiger partial charge in [-0.1, -0.05) is 53.7 Å². The third-order valence-electron chi connectivity index (χ3n) is 7.26. The fourth-order valence-corrected chi connectivity index (χ4v) is 5.71. The topological polar surface area (TPSA) is 74.6 Å². The van der Waals surface area contributed by atoms with E-state index in [0.29, 0.717) is 44.5 Å². The highest BCUT2D eigenvalue weighted by molar-refractivity contribution is 7.97. The van der Waals surface area contributed by atoms with Gasteiger partial charge < -0.3 is 10.2 Å². The summed E-state index contributed by atoms with van der Waals surface area (Å²) in [6.07, 6.45) is 0. The number of carbonyl (C=O) groups is 2. The quantitative estimate of drug-likeness (QED) is 0.246. The number of benzene rings is 3. The van der Waals surface area contributed by atoms with E-state index in [0.717, 1.165) is 22.3 Å². The molecule has 4 nitrogen and oxygen atoms in total. The van der Waals surface area contributed by atoms with Crippen LogP contribution in [0.1, 0.15) is 95.6 Å². The average Bonchev–Trinajstić information content (AvgIpc) is 2.77. The Morgan fingerprint density at radius 2 is 0.895 bits per heavy atom. The van der Waals surface area contributed by atoms with E-state index in [-0.39, 0.29) is 22.3 Å². The Morgan fingerprint density at radius 3 is 1.13 bits per heavy atom. The molecule has 0 bridgehead atoms. The van der Waals surface area contributed by atoms with Crippen LogP contribution in [0.15, 0.2) is 24.3 Å². The highest BCUT2D eigenvalue weighted by atomic mass is 32.1. The summed E-state index contributed by atoms with van der Waals surface area (Å²) < 4.78 is 0. The van der Waals surface area contributed by atoms with E-state index in [1.54, 1.807) is 12.1 Å². The number of carbonyl (C=O) groups excluding carboxylic acids is 2. The smallest absolute Gasteiger partial charge is 0.216 e. The summed E-state index contributed by atoms with van der Waals surface area (Å²) in [4.78, 5) is 25.8. The van der Waals surface area contributed by atoms with Crippen LogP contribution in [-0.4, -0.2) is 20.4 Å².